The SMILES string of the molecule is [CH]1\C=C/C=C/C=C\C/C=C/1. The molecule has 0 spiro atoms. The first-order valence-corrected chi connectivity index (χ1v) is 3.48. The fourth-order valence-corrected chi connectivity index (χ4v) is 0.714. The highest BCUT2D eigenvalue weighted by molar-refractivity contribution is 5.19. The molecule has 0 nitrogen and oxygen atoms in total. The Labute approximate surface area is 62.3 Å². The average molecular weight is 131 g/mol. The second kappa shape index (κ2) is 4.80. The normalized spacial score (nSPS) is 30.4. The van der Waals surface area contributed by atoms with Crippen molar-refractivity contribution in [1.29, 1.82) is 0 Å². The molecule has 0 fully saturated rings. The molecule has 0 aliphatic heterocycles. The Kier molecular flexibility index (Phi) is 3.40. The monoisotopic (exact) mass is 131 g/mol. The number of hydrogen-bond donors (Lipinski definition) is 0. The zero-order chi connectivity index (χ0) is 7.07. The molecule has 0 heteroatoms. The van der Waals surface area contributed by atoms with E-state index in [2.05, 4.69) is 24.3 Å². The van der Waals surface area contributed by atoms with Crippen molar-refractivity contribution in [2.45, 2.75) is 6.42 Å². The van der Waals surface area contributed by atoms with Crippen molar-refractivity contribution in [2.75, 3.05) is 0 Å². The van der Waals surface area contributed by atoms with Crippen molar-refractivity contribution in [3.8, 4) is 0 Å². The van der Waals surface area contributed by atoms with Gasteiger partial charge in [-0.25, -0.2) is 0 Å². The Morgan fingerprint density at radius 3 is 2.30 bits per heavy atom. The highest BCUT2D eigenvalue weighted by Crippen LogP contribution is 1.93. The van der Waals surface area contributed by atoms with Crippen molar-refractivity contribution in [1.82, 2.24) is 0 Å². The Morgan fingerprint density at radius 1 is 0.600 bits per heavy atom. The standard InChI is InChI=1S/C10H11/c1-2-4-6-8-10-9-7-5-3-1/h1-9H,10H2/b2-1-,5-3+,8-6+,9-7-. The molecule has 0 unspecified atom stereocenters. The summed E-state index contributed by atoms with van der Waals surface area (Å²) in [5.41, 5.74) is 0. The van der Waals surface area contributed by atoms with Gasteiger partial charge in [0.15, 0.2) is 0 Å². The van der Waals surface area contributed by atoms with Crippen LogP contribution in [0.1, 0.15) is 6.42 Å². The van der Waals surface area contributed by atoms with E-state index in [1.54, 1.807) is 0 Å². The lowest BCUT2D eigenvalue weighted by molar-refractivity contribution is 1.38. The van der Waals surface area contributed by atoms with Gasteiger partial charge in [0.1, 0.15) is 0 Å². The summed E-state index contributed by atoms with van der Waals surface area (Å²) in [6.45, 7) is 0. The molecule has 0 aromatic heterocycles. The average Bonchev–Trinajstić information content (AvgIpc) is 2.01. The number of allylic oxidation sites excluding steroid dienone is 8. The van der Waals surface area contributed by atoms with Crippen LogP contribution < -0.4 is 0 Å². The van der Waals surface area contributed by atoms with Crippen molar-refractivity contribution in [3.05, 3.63) is 55.0 Å². The van der Waals surface area contributed by atoms with Gasteiger partial charge in [0, 0.05) is 6.42 Å². The highest BCUT2D eigenvalue weighted by Gasteiger charge is 1.73. The predicted molar refractivity (Wildman–Crippen MR) is 45.5 cm³/mol. The van der Waals surface area contributed by atoms with Gasteiger partial charge >= 0.3 is 0 Å². The molecule has 0 aromatic carbocycles. The quantitative estimate of drug-likeness (QED) is 0.474. The van der Waals surface area contributed by atoms with E-state index in [1.807, 2.05) is 30.7 Å². The van der Waals surface area contributed by atoms with Gasteiger partial charge in [-0.1, -0.05) is 48.6 Å². The molecular weight excluding hydrogens is 120 g/mol. The van der Waals surface area contributed by atoms with Gasteiger partial charge in [0.2, 0.25) is 0 Å². The molecule has 0 saturated carbocycles. The van der Waals surface area contributed by atoms with Crippen LogP contribution in [0.2, 0.25) is 0 Å². The molecule has 0 bridgehead atoms. The van der Waals surface area contributed by atoms with E-state index in [9.17, 15) is 0 Å². The molecular formula is C10H11. The third kappa shape index (κ3) is 3.08. The van der Waals surface area contributed by atoms with Crippen LogP contribution >= 0.6 is 0 Å². The maximum Gasteiger partial charge on any atom is 0.00475 e. The van der Waals surface area contributed by atoms with Crippen LogP contribution in [0, 0.1) is 6.42 Å². The summed E-state index contributed by atoms with van der Waals surface area (Å²) in [6.07, 6.45) is 19.5. The fourth-order valence-electron chi connectivity index (χ4n) is 0.714. The van der Waals surface area contributed by atoms with Crippen LogP contribution in [0.15, 0.2) is 48.6 Å². The second-order valence-electron chi connectivity index (χ2n) is 2.05. The number of rotatable bonds is 0. The van der Waals surface area contributed by atoms with Crippen LogP contribution in [0.5, 0.6) is 0 Å². The Balaban J connectivity index is 2.51. The summed E-state index contributed by atoms with van der Waals surface area (Å²) in [4.78, 5) is 0. The van der Waals surface area contributed by atoms with E-state index in [0.717, 1.165) is 6.42 Å². The molecule has 0 aromatic rings. The summed E-state index contributed by atoms with van der Waals surface area (Å²) in [6, 6.07) is 0. The summed E-state index contributed by atoms with van der Waals surface area (Å²) in [5, 5.41) is 0. The summed E-state index contributed by atoms with van der Waals surface area (Å²) < 4.78 is 0. The largest absolute Gasteiger partial charge is 0.0841 e. The Hall–Kier alpha value is -1.04. The highest BCUT2D eigenvalue weighted by atomic mass is 13.8. The van der Waals surface area contributed by atoms with E-state index in [0.29, 0.717) is 0 Å². The molecule has 10 heavy (non-hydrogen) atoms. The van der Waals surface area contributed by atoms with Crippen LogP contribution in [0.25, 0.3) is 0 Å². The van der Waals surface area contributed by atoms with Gasteiger partial charge in [0.05, 0.1) is 0 Å². The summed E-state index contributed by atoms with van der Waals surface area (Å²) >= 11 is 0. The Morgan fingerprint density at radius 2 is 1.30 bits per heavy atom. The molecule has 0 heterocycles. The molecule has 1 rings (SSSR count). The Bertz CT molecular complexity index is 160. The smallest absolute Gasteiger partial charge is 0.00475 e. The molecule has 0 atom stereocenters. The van der Waals surface area contributed by atoms with E-state index >= 15 is 0 Å². The van der Waals surface area contributed by atoms with Crippen LogP contribution in [-0.2, 0) is 0 Å². The predicted octanol–water partition coefficient (Wildman–Crippen LogP) is 2.82. The molecule has 1 radical (unpaired) electrons. The lowest BCUT2D eigenvalue weighted by atomic mass is 10.2. The van der Waals surface area contributed by atoms with Crippen LogP contribution in [-0.4, -0.2) is 0 Å². The van der Waals surface area contributed by atoms with Gasteiger partial charge in [-0.2, -0.15) is 0 Å². The zero-order valence-corrected chi connectivity index (χ0v) is 5.90. The van der Waals surface area contributed by atoms with Crippen molar-refractivity contribution < 1.29 is 0 Å². The van der Waals surface area contributed by atoms with E-state index in [1.165, 1.54) is 0 Å². The molecule has 51 valence electrons. The van der Waals surface area contributed by atoms with Gasteiger partial charge < -0.3 is 0 Å². The molecule has 0 amide bonds. The lowest BCUT2D eigenvalue weighted by Crippen LogP contribution is -1.63. The summed E-state index contributed by atoms with van der Waals surface area (Å²) in [7, 11) is 0. The third-order valence-electron chi connectivity index (χ3n) is 1.21. The first-order valence-electron chi connectivity index (χ1n) is 3.48. The maximum atomic E-state index is 2.12. The van der Waals surface area contributed by atoms with Gasteiger partial charge in [-0.05, 0) is 6.42 Å². The molecule has 1 aliphatic rings. The minimum absolute atomic E-state index is 1.02. The molecule has 1 aliphatic carbocycles. The van der Waals surface area contributed by atoms with Gasteiger partial charge in [0.25, 0.3) is 0 Å². The number of hydrogen-bond acceptors (Lipinski definition) is 0. The maximum absolute atomic E-state index is 2.12. The topological polar surface area (TPSA) is 0 Å². The third-order valence-corrected chi connectivity index (χ3v) is 1.21. The first-order chi connectivity index (χ1) is 5.00. The van der Waals surface area contributed by atoms with E-state index < -0.39 is 0 Å². The zero-order valence-electron chi connectivity index (χ0n) is 5.90. The fraction of sp³-hybridized carbons (Fsp3) is 0.100. The van der Waals surface area contributed by atoms with Crippen molar-refractivity contribution >= 4 is 0 Å². The molecule has 0 N–H and O–H groups in total. The van der Waals surface area contributed by atoms with Crippen LogP contribution in [0.4, 0.5) is 0 Å². The van der Waals surface area contributed by atoms with Crippen molar-refractivity contribution in [3.63, 3.8) is 0 Å². The minimum Gasteiger partial charge on any atom is -0.0841 e. The lowest BCUT2D eigenvalue weighted by Gasteiger charge is -1.83. The summed E-state index contributed by atoms with van der Waals surface area (Å²) in [5.74, 6) is 0. The van der Waals surface area contributed by atoms with Crippen molar-refractivity contribution in [2.24, 2.45) is 0 Å². The van der Waals surface area contributed by atoms with Gasteiger partial charge in [-0.15, -0.1) is 0 Å². The minimum atomic E-state index is 1.02. The van der Waals surface area contributed by atoms with E-state index in [-0.39, 0.29) is 0 Å². The second-order valence-corrected chi connectivity index (χ2v) is 2.05. The van der Waals surface area contributed by atoms with Gasteiger partial charge in [-0.3, -0.25) is 0 Å². The van der Waals surface area contributed by atoms with E-state index in [4.69, 9.17) is 0 Å². The molecule has 0 saturated heterocycles. The first kappa shape index (κ1) is 7.07. The van der Waals surface area contributed by atoms with Crippen LogP contribution in [0.3, 0.4) is 0 Å².